The summed E-state index contributed by atoms with van der Waals surface area (Å²) in [5, 5.41) is 9.54. The molecule has 0 aliphatic heterocycles. The zero-order chi connectivity index (χ0) is 12.1. The van der Waals surface area contributed by atoms with Crippen LogP contribution in [0.25, 0.3) is 0 Å². The molecule has 3 nitrogen and oxygen atoms in total. The van der Waals surface area contributed by atoms with E-state index in [0.717, 1.165) is 19.4 Å². The molecule has 0 aliphatic carbocycles. The van der Waals surface area contributed by atoms with Gasteiger partial charge >= 0.3 is 0 Å². The lowest BCUT2D eigenvalue weighted by atomic mass is 10.2. The molecule has 1 atom stereocenters. The summed E-state index contributed by atoms with van der Waals surface area (Å²) in [6.07, 6.45) is 1.27. The highest BCUT2D eigenvalue weighted by Crippen LogP contribution is 2.36. The molecule has 0 radical (unpaired) electrons. The SMILES string of the molecule is CC(C)(C)[Si](C)(C)OCCCC(O)CN. The Balaban J connectivity index is 3.77. The minimum atomic E-state index is -1.60. The lowest BCUT2D eigenvalue weighted by Crippen LogP contribution is -2.41. The third-order valence-electron chi connectivity index (χ3n) is 3.22. The van der Waals surface area contributed by atoms with Crippen molar-refractivity contribution in [1.29, 1.82) is 0 Å². The number of aliphatic hydroxyl groups is 1. The van der Waals surface area contributed by atoms with Crippen LogP contribution in [0.4, 0.5) is 0 Å². The smallest absolute Gasteiger partial charge is 0.191 e. The van der Waals surface area contributed by atoms with Crippen LogP contribution in [0.2, 0.25) is 18.1 Å². The fraction of sp³-hybridized carbons (Fsp3) is 1.00. The molecule has 4 heteroatoms. The fourth-order valence-electron chi connectivity index (χ4n) is 0.981. The lowest BCUT2D eigenvalue weighted by molar-refractivity contribution is 0.158. The molecule has 1 unspecified atom stereocenters. The highest BCUT2D eigenvalue weighted by Gasteiger charge is 2.36. The summed E-state index contributed by atoms with van der Waals surface area (Å²) in [5.74, 6) is 0. The second kappa shape index (κ2) is 5.99. The summed E-state index contributed by atoms with van der Waals surface area (Å²) in [4.78, 5) is 0. The molecule has 0 heterocycles. The number of hydrogen-bond donors (Lipinski definition) is 2. The molecule has 0 saturated carbocycles. The van der Waals surface area contributed by atoms with Gasteiger partial charge in [-0.25, -0.2) is 0 Å². The van der Waals surface area contributed by atoms with Gasteiger partial charge in [-0.1, -0.05) is 20.8 Å². The van der Waals surface area contributed by atoms with Gasteiger partial charge in [0.25, 0.3) is 0 Å². The van der Waals surface area contributed by atoms with Crippen LogP contribution in [0.5, 0.6) is 0 Å². The Morgan fingerprint density at radius 1 is 1.33 bits per heavy atom. The summed E-state index contributed by atoms with van der Waals surface area (Å²) < 4.78 is 5.98. The molecule has 0 aromatic rings. The Labute approximate surface area is 95.1 Å². The van der Waals surface area contributed by atoms with Gasteiger partial charge in [0.15, 0.2) is 8.32 Å². The van der Waals surface area contributed by atoms with E-state index >= 15 is 0 Å². The number of nitrogens with two attached hydrogens (primary N) is 1. The zero-order valence-corrected chi connectivity index (χ0v) is 11.8. The molecule has 0 rings (SSSR count). The zero-order valence-electron chi connectivity index (χ0n) is 10.8. The fourth-order valence-corrected chi connectivity index (χ4v) is 2.07. The standard InChI is InChI=1S/C11H27NO2Si/c1-11(2,3)15(4,5)14-8-6-7-10(13)9-12/h10,13H,6-9,12H2,1-5H3. The van der Waals surface area contributed by atoms with Gasteiger partial charge in [-0.3, -0.25) is 0 Å². The van der Waals surface area contributed by atoms with Gasteiger partial charge in [0, 0.05) is 13.2 Å². The van der Waals surface area contributed by atoms with E-state index < -0.39 is 8.32 Å². The summed E-state index contributed by atoms with van der Waals surface area (Å²) in [6, 6.07) is 0. The molecule has 92 valence electrons. The van der Waals surface area contributed by atoms with Gasteiger partial charge in [0.1, 0.15) is 0 Å². The van der Waals surface area contributed by atoms with Crippen LogP contribution in [0.1, 0.15) is 33.6 Å². The van der Waals surface area contributed by atoms with Crippen LogP contribution in [-0.4, -0.2) is 32.7 Å². The maximum atomic E-state index is 9.28. The van der Waals surface area contributed by atoms with Crippen LogP contribution in [0.3, 0.4) is 0 Å². The summed E-state index contributed by atoms with van der Waals surface area (Å²) in [7, 11) is -1.60. The summed E-state index contributed by atoms with van der Waals surface area (Å²) in [6.45, 7) is 12.3. The average molecular weight is 233 g/mol. The Hall–Kier alpha value is 0.0969. The van der Waals surface area contributed by atoms with Crippen LogP contribution < -0.4 is 5.73 Å². The second-order valence-electron chi connectivity index (χ2n) is 5.64. The first-order valence-corrected chi connectivity index (χ1v) is 8.63. The molecule has 0 saturated heterocycles. The van der Waals surface area contributed by atoms with Crippen LogP contribution in [0.15, 0.2) is 0 Å². The minimum Gasteiger partial charge on any atom is -0.417 e. The molecule has 0 aromatic carbocycles. The molecule has 3 N–H and O–H groups in total. The van der Waals surface area contributed by atoms with E-state index in [1.54, 1.807) is 0 Å². The van der Waals surface area contributed by atoms with Gasteiger partial charge in [-0.05, 0) is 31.0 Å². The molecule has 15 heavy (non-hydrogen) atoms. The first-order chi connectivity index (χ1) is 6.70. The molecule has 0 fully saturated rings. The van der Waals surface area contributed by atoms with Crippen molar-refractivity contribution >= 4 is 8.32 Å². The molecular weight excluding hydrogens is 206 g/mol. The Kier molecular flexibility index (Phi) is 6.03. The highest BCUT2D eigenvalue weighted by atomic mass is 28.4. The van der Waals surface area contributed by atoms with Crippen molar-refractivity contribution in [2.45, 2.75) is 57.8 Å². The quantitative estimate of drug-likeness (QED) is 0.546. The van der Waals surface area contributed by atoms with Crippen LogP contribution >= 0.6 is 0 Å². The van der Waals surface area contributed by atoms with E-state index in [2.05, 4.69) is 33.9 Å². The van der Waals surface area contributed by atoms with E-state index in [-0.39, 0.29) is 11.1 Å². The number of hydrogen-bond acceptors (Lipinski definition) is 3. The van der Waals surface area contributed by atoms with Crippen molar-refractivity contribution < 1.29 is 9.53 Å². The van der Waals surface area contributed by atoms with E-state index in [0.29, 0.717) is 6.54 Å². The maximum Gasteiger partial charge on any atom is 0.191 e. The maximum absolute atomic E-state index is 9.28. The summed E-state index contributed by atoms with van der Waals surface area (Å²) in [5.41, 5.74) is 5.33. The van der Waals surface area contributed by atoms with Crippen molar-refractivity contribution in [2.24, 2.45) is 5.73 Å². The molecular formula is C11H27NO2Si. The van der Waals surface area contributed by atoms with E-state index in [1.165, 1.54) is 0 Å². The van der Waals surface area contributed by atoms with Crippen molar-refractivity contribution in [3.8, 4) is 0 Å². The minimum absolute atomic E-state index is 0.263. The molecule has 0 amide bonds. The molecule has 0 spiro atoms. The second-order valence-corrected chi connectivity index (χ2v) is 10.4. The van der Waals surface area contributed by atoms with Crippen molar-refractivity contribution in [3.05, 3.63) is 0 Å². The lowest BCUT2D eigenvalue weighted by Gasteiger charge is -2.36. The Morgan fingerprint density at radius 2 is 1.87 bits per heavy atom. The Bertz CT molecular complexity index is 178. The molecule has 0 aliphatic rings. The van der Waals surface area contributed by atoms with Crippen molar-refractivity contribution in [1.82, 2.24) is 0 Å². The Morgan fingerprint density at radius 3 is 2.27 bits per heavy atom. The predicted molar refractivity (Wildman–Crippen MR) is 67.4 cm³/mol. The first kappa shape index (κ1) is 15.1. The number of rotatable bonds is 6. The van der Waals surface area contributed by atoms with E-state index in [4.69, 9.17) is 10.2 Å². The highest BCUT2D eigenvalue weighted by molar-refractivity contribution is 6.74. The van der Waals surface area contributed by atoms with Crippen molar-refractivity contribution in [3.63, 3.8) is 0 Å². The van der Waals surface area contributed by atoms with E-state index in [9.17, 15) is 5.11 Å². The third-order valence-corrected chi connectivity index (χ3v) is 7.76. The van der Waals surface area contributed by atoms with Crippen LogP contribution in [-0.2, 0) is 4.43 Å². The van der Waals surface area contributed by atoms with Crippen LogP contribution in [0, 0.1) is 0 Å². The average Bonchev–Trinajstić information content (AvgIpc) is 2.10. The van der Waals surface area contributed by atoms with Gasteiger partial charge in [0.05, 0.1) is 6.10 Å². The van der Waals surface area contributed by atoms with Gasteiger partial charge in [0.2, 0.25) is 0 Å². The largest absolute Gasteiger partial charge is 0.417 e. The third kappa shape index (κ3) is 5.66. The first-order valence-electron chi connectivity index (χ1n) is 5.73. The van der Waals surface area contributed by atoms with Gasteiger partial charge in [-0.15, -0.1) is 0 Å². The topological polar surface area (TPSA) is 55.5 Å². The normalized spacial score (nSPS) is 15.4. The van der Waals surface area contributed by atoms with Crippen molar-refractivity contribution in [2.75, 3.05) is 13.2 Å². The number of aliphatic hydroxyl groups excluding tert-OH is 1. The van der Waals surface area contributed by atoms with E-state index in [1.807, 2.05) is 0 Å². The molecule has 0 bridgehead atoms. The summed E-state index contributed by atoms with van der Waals surface area (Å²) >= 11 is 0. The van der Waals surface area contributed by atoms with Gasteiger partial charge in [-0.2, -0.15) is 0 Å². The molecule has 0 aromatic heterocycles. The monoisotopic (exact) mass is 233 g/mol. The van der Waals surface area contributed by atoms with Gasteiger partial charge < -0.3 is 15.3 Å². The predicted octanol–water partition coefficient (Wildman–Crippen LogP) is 2.11.